The molecule has 3 nitrogen and oxygen atoms in total. The van der Waals surface area contributed by atoms with Gasteiger partial charge in [-0.05, 0) is 26.0 Å². The van der Waals surface area contributed by atoms with Crippen molar-refractivity contribution in [3.63, 3.8) is 0 Å². The summed E-state index contributed by atoms with van der Waals surface area (Å²) in [7, 11) is 0. The minimum absolute atomic E-state index is 0.00500. The van der Waals surface area contributed by atoms with E-state index < -0.39 is 6.43 Å². The Labute approximate surface area is 110 Å². The average molecular weight is 261 g/mol. The summed E-state index contributed by atoms with van der Waals surface area (Å²) in [5.74, 6) is 0. The highest BCUT2D eigenvalue weighted by atomic mass is 19.3. The number of benzene rings is 1. The number of hydrogen-bond donors (Lipinski definition) is 0. The van der Waals surface area contributed by atoms with E-state index in [1.807, 2.05) is 19.9 Å². The standard InChI is InChI=1S/C14H13F2N3/c1-9(2)19-8-12(14(15)16)13(18-19)11-5-3-4-10(6-11)7-17/h3-6,8-9,14H,1-2H3. The van der Waals surface area contributed by atoms with Crippen molar-refractivity contribution in [3.05, 3.63) is 41.6 Å². The lowest BCUT2D eigenvalue weighted by Crippen LogP contribution is -2.00. The molecule has 1 aromatic heterocycles. The summed E-state index contributed by atoms with van der Waals surface area (Å²) >= 11 is 0. The Kier molecular flexibility index (Phi) is 3.61. The second-order valence-electron chi connectivity index (χ2n) is 4.50. The van der Waals surface area contributed by atoms with Gasteiger partial charge in [-0.3, -0.25) is 4.68 Å². The lowest BCUT2D eigenvalue weighted by Gasteiger charge is -2.03. The smallest absolute Gasteiger partial charge is 0.267 e. The van der Waals surface area contributed by atoms with E-state index in [0.29, 0.717) is 11.1 Å². The molecule has 0 aliphatic carbocycles. The number of hydrogen-bond acceptors (Lipinski definition) is 2. The van der Waals surface area contributed by atoms with Crippen LogP contribution in [0.2, 0.25) is 0 Å². The summed E-state index contributed by atoms with van der Waals surface area (Å²) in [6.45, 7) is 3.75. The van der Waals surface area contributed by atoms with Crippen molar-refractivity contribution in [2.45, 2.75) is 26.3 Å². The van der Waals surface area contributed by atoms with Crippen molar-refractivity contribution in [1.29, 1.82) is 5.26 Å². The molecule has 19 heavy (non-hydrogen) atoms. The average Bonchev–Trinajstić information content (AvgIpc) is 2.84. The quantitative estimate of drug-likeness (QED) is 0.839. The van der Waals surface area contributed by atoms with Gasteiger partial charge in [0.2, 0.25) is 0 Å². The normalized spacial score (nSPS) is 11.0. The third-order valence-electron chi connectivity index (χ3n) is 2.79. The van der Waals surface area contributed by atoms with Gasteiger partial charge in [0, 0.05) is 17.8 Å². The Balaban J connectivity index is 2.57. The van der Waals surface area contributed by atoms with Crippen molar-refractivity contribution in [1.82, 2.24) is 9.78 Å². The molecule has 1 heterocycles. The van der Waals surface area contributed by atoms with Crippen LogP contribution in [-0.2, 0) is 0 Å². The van der Waals surface area contributed by atoms with Crippen LogP contribution in [0.5, 0.6) is 0 Å². The monoisotopic (exact) mass is 261 g/mol. The van der Waals surface area contributed by atoms with Gasteiger partial charge in [0.1, 0.15) is 5.69 Å². The fourth-order valence-electron chi connectivity index (χ4n) is 1.79. The van der Waals surface area contributed by atoms with Crippen molar-refractivity contribution in [3.8, 4) is 17.3 Å². The molecule has 0 aliphatic heterocycles. The number of alkyl halides is 2. The van der Waals surface area contributed by atoms with Crippen LogP contribution >= 0.6 is 0 Å². The zero-order chi connectivity index (χ0) is 14.0. The van der Waals surface area contributed by atoms with Gasteiger partial charge in [0.25, 0.3) is 6.43 Å². The molecule has 0 atom stereocenters. The van der Waals surface area contributed by atoms with Crippen LogP contribution in [-0.4, -0.2) is 9.78 Å². The third-order valence-corrected chi connectivity index (χ3v) is 2.79. The molecule has 0 unspecified atom stereocenters. The molecule has 98 valence electrons. The van der Waals surface area contributed by atoms with E-state index in [-0.39, 0.29) is 17.3 Å². The van der Waals surface area contributed by atoms with E-state index in [1.54, 1.807) is 24.3 Å². The third kappa shape index (κ3) is 2.63. The van der Waals surface area contributed by atoms with Crippen LogP contribution < -0.4 is 0 Å². The summed E-state index contributed by atoms with van der Waals surface area (Å²) in [5.41, 5.74) is 1.09. The fourth-order valence-corrected chi connectivity index (χ4v) is 1.79. The van der Waals surface area contributed by atoms with Crippen molar-refractivity contribution >= 4 is 0 Å². The lowest BCUT2D eigenvalue weighted by molar-refractivity contribution is 0.152. The predicted molar refractivity (Wildman–Crippen MR) is 67.7 cm³/mol. The highest BCUT2D eigenvalue weighted by Gasteiger charge is 2.20. The molecular formula is C14H13F2N3. The topological polar surface area (TPSA) is 41.6 Å². The molecular weight excluding hydrogens is 248 g/mol. The zero-order valence-corrected chi connectivity index (χ0v) is 10.6. The van der Waals surface area contributed by atoms with E-state index in [1.165, 1.54) is 10.9 Å². The maximum absolute atomic E-state index is 13.1. The van der Waals surface area contributed by atoms with Crippen LogP contribution in [0.3, 0.4) is 0 Å². The van der Waals surface area contributed by atoms with Crippen molar-refractivity contribution in [2.75, 3.05) is 0 Å². The van der Waals surface area contributed by atoms with Crippen LogP contribution in [0, 0.1) is 11.3 Å². The van der Waals surface area contributed by atoms with Crippen molar-refractivity contribution in [2.24, 2.45) is 0 Å². The van der Waals surface area contributed by atoms with Crippen LogP contribution in [0.25, 0.3) is 11.3 Å². The fraction of sp³-hybridized carbons (Fsp3) is 0.286. The maximum Gasteiger partial charge on any atom is 0.267 e. The predicted octanol–water partition coefficient (Wildman–Crippen LogP) is 3.94. The summed E-state index contributed by atoms with van der Waals surface area (Å²) in [6.07, 6.45) is -1.22. The molecule has 2 rings (SSSR count). The van der Waals surface area contributed by atoms with Gasteiger partial charge < -0.3 is 0 Å². The Bertz CT molecular complexity index is 624. The maximum atomic E-state index is 13.1. The largest absolute Gasteiger partial charge is 0.269 e. The molecule has 0 amide bonds. The highest BCUT2D eigenvalue weighted by Crippen LogP contribution is 2.31. The molecule has 0 radical (unpaired) electrons. The number of halogens is 2. The van der Waals surface area contributed by atoms with Gasteiger partial charge in [-0.15, -0.1) is 0 Å². The van der Waals surface area contributed by atoms with Gasteiger partial charge in [0.05, 0.1) is 17.2 Å². The van der Waals surface area contributed by atoms with Gasteiger partial charge >= 0.3 is 0 Å². The molecule has 0 saturated heterocycles. The van der Waals surface area contributed by atoms with E-state index in [0.717, 1.165) is 0 Å². The molecule has 0 fully saturated rings. The Morgan fingerprint density at radius 3 is 2.63 bits per heavy atom. The first-order valence-electron chi connectivity index (χ1n) is 5.90. The summed E-state index contributed by atoms with van der Waals surface area (Å²) in [5, 5.41) is 13.1. The first-order chi connectivity index (χ1) is 9.02. The molecule has 1 aromatic carbocycles. The second kappa shape index (κ2) is 5.19. The molecule has 0 aliphatic rings. The molecule has 0 spiro atoms. The van der Waals surface area contributed by atoms with E-state index in [4.69, 9.17) is 5.26 Å². The van der Waals surface area contributed by atoms with Gasteiger partial charge in [-0.25, -0.2) is 8.78 Å². The molecule has 0 N–H and O–H groups in total. The molecule has 5 heteroatoms. The van der Waals surface area contributed by atoms with Crippen LogP contribution in [0.15, 0.2) is 30.5 Å². The lowest BCUT2D eigenvalue weighted by atomic mass is 10.1. The van der Waals surface area contributed by atoms with E-state index in [9.17, 15) is 8.78 Å². The summed E-state index contributed by atoms with van der Waals surface area (Å²) in [6, 6.07) is 8.54. The molecule has 0 bridgehead atoms. The van der Waals surface area contributed by atoms with Gasteiger partial charge in [-0.2, -0.15) is 10.4 Å². The molecule has 2 aromatic rings. The minimum atomic E-state index is -2.59. The number of nitrogens with zero attached hydrogens (tertiary/aromatic N) is 3. The highest BCUT2D eigenvalue weighted by molar-refractivity contribution is 5.64. The summed E-state index contributed by atoms with van der Waals surface area (Å²) < 4.78 is 27.6. The Morgan fingerprint density at radius 2 is 2.05 bits per heavy atom. The number of rotatable bonds is 3. The van der Waals surface area contributed by atoms with E-state index >= 15 is 0 Å². The Morgan fingerprint density at radius 1 is 1.32 bits per heavy atom. The second-order valence-corrected chi connectivity index (χ2v) is 4.50. The van der Waals surface area contributed by atoms with E-state index in [2.05, 4.69) is 5.10 Å². The number of nitriles is 1. The SMILES string of the molecule is CC(C)n1cc(C(F)F)c(-c2cccc(C#N)c2)n1. The van der Waals surface area contributed by atoms with Gasteiger partial charge in [-0.1, -0.05) is 12.1 Å². The van der Waals surface area contributed by atoms with Crippen LogP contribution in [0.4, 0.5) is 8.78 Å². The number of aromatic nitrogens is 2. The minimum Gasteiger partial charge on any atom is -0.269 e. The first-order valence-corrected chi connectivity index (χ1v) is 5.90. The zero-order valence-electron chi connectivity index (χ0n) is 10.6. The Hall–Kier alpha value is -2.22. The first kappa shape index (κ1) is 13.2. The summed E-state index contributed by atoms with van der Waals surface area (Å²) in [4.78, 5) is 0. The van der Waals surface area contributed by atoms with Crippen molar-refractivity contribution < 1.29 is 8.78 Å². The van der Waals surface area contributed by atoms with Crippen LogP contribution in [0.1, 0.15) is 37.4 Å². The molecule has 0 saturated carbocycles. The van der Waals surface area contributed by atoms with Gasteiger partial charge in [0.15, 0.2) is 0 Å².